The largest absolute Gasteiger partial charge is 0.479 e. The Labute approximate surface area is 92.7 Å². The summed E-state index contributed by atoms with van der Waals surface area (Å²) in [7, 11) is 0. The zero-order chi connectivity index (χ0) is 12.1. The van der Waals surface area contributed by atoms with E-state index < -0.39 is 18.0 Å². The first-order valence-corrected chi connectivity index (χ1v) is 4.76. The third-order valence-corrected chi connectivity index (χ3v) is 2.02. The molecule has 0 bridgehead atoms. The number of hydrogen-bond donors (Lipinski definition) is 3. The zero-order valence-corrected chi connectivity index (χ0v) is 8.80. The van der Waals surface area contributed by atoms with Gasteiger partial charge in [0.2, 0.25) is 0 Å². The van der Waals surface area contributed by atoms with Gasteiger partial charge in [-0.1, -0.05) is 17.7 Å². The van der Waals surface area contributed by atoms with Crippen molar-refractivity contribution in [2.24, 2.45) is 0 Å². The Kier molecular flexibility index (Phi) is 4.02. The average Bonchev–Trinajstić information content (AvgIpc) is 2.25. The van der Waals surface area contributed by atoms with Crippen LogP contribution >= 0.6 is 0 Å². The van der Waals surface area contributed by atoms with E-state index in [9.17, 15) is 9.59 Å². The van der Waals surface area contributed by atoms with Crippen LogP contribution in [0.2, 0.25) is 0 Å². The van der Waals surface area contributed by atoms with Gasteiger partial charge in [-0.2, -0.15) is 0 Å². The second-order valence-corrected chi connectivity index (χ2v) is 3.43. The van der Waals surface area contributed by atoms with Crippen LogP contribution in [0.15, 0.2) is 24.3 Å². The molecule has 3 N–H and O–H groups in total. The number of benzene rings is 1. The number of carbonyl (C=O) groups is 2. The molecule has 16 heavy (non-hydrogen) atoms. The van der Waals surface area contributed by atoms with Crippen molar-refractivity contribution >= 4 is 11.9 Å². The summed E-state index contributed by atoms with van der Waals surface area (Å²) in [6, 6.07) is 6.89. The highest BCUT2D eigenvalue weighted by molar-refractivity contribution is 5.94. The predicted octanol–water partition coefficient (Wildman–Crippen LogP) is 0.170. The molecule has 0 aliphatic carbocycles. The molecular formula is C11H13NO4. The summed E-state index contributed by atoms with van der Waals surface area (Å²) in [5.74, 6) is -1.76. The lowest BCUT2D eigenvalue weighted by molar-refractivity contribution is -0.146. The molecule has 1 rings (SSSR count). The van der Waals surface area contributed by atoms with Crippen LogP contribution in [0.5, 0.6) is 0 Å². The highest BCUT2D eigenvalue weighted by Gasteiger charge is 2.14. The molecule has 0 aliphatic heterocycles. The molecule has 0 radical (unpaired) electrons. The number of carboxylic acids is 1. The van der Waals surface area contributed by atoms with Crippen molar-refractivity contribution in [2.45, 2.75) is 13.0 Å². The van der Waals surface area contributed by atoms with Crippen LogP contribution in [-0.2, 0) is 4.79 Å². The summed E-state index contributed by atoms with van der Waals surface area (Å²) < 4.78 is 0. The summed E-state index contributed by atoms with van der Waals surface area (Å²) in [6.07, 6.45) is -1.58. The van der Waals surface area contributed by atoms with Crippen molar-refractivity contribution in [2.75, 3.05) is 6.54 Å². The smallest absolute Gasteiger partial charge is 0.334 e. The van der Waals surface area contributed by atoms with Crippen LogP contribution in [0.3, 0.4) is 0 Å². The van der Waals surface area contributed by atoms with Gasteiger partial charge in [0.15, 0.2) is 6.10 Å². The topological polar surface area (TPSA) is 86.6 Å². The lowest BCUT2D eigenvalue weighted by Gasteiger charge is -2.07. The maximum Gasteiger partial charge on any atom is 0.334 e. The second-order valence-electron chi connectivity index (χ2n) is 3.43. The molecule has 5 heteroatoms. The molecule has 1 aromatic carbocycles. The van der Waals surface area contributed by atoms with Gasteiger partial charge in [0.25, 0.3) is 5.91 Å². The van der Waals surface area contributed by atoms with E-state index in [4.69, 9.17) is 10.2 Å². The highest BCUT2D eigenvalue weighted by atomic mass is 16.4. The van der Waals surface area contributed by atoms with Crippen LogP contribution in [0.25, 0.3) is 0 Å². The fourth-order valence-corrected chi connectivity index (χ4v) is 1.17. The summed E-state index contributed by atoms with van der Waals surface area (Å²) in [6.45, 7) is 1.55. The summed E-state index contributed by atoms with van der Waals surface area (Å²) in [5, 5.41) is 19.7. The molecular weight excluding hydrogens is 210 g/mol. The fourth-order valence-electron chi connectivity index (χ4n) is 1.17. The van der Waals surface area contributed by atoms with Crippen molar-refractivity contribution in [3.63, 3.8) is 0 Å². The maximum atomic E-state index is 11.5. The first kappa shape index (κ1) is 12.2. The van der Waals surface area contributed by atoms with Gasteiger partial charge in [-0.15, -0.1) is 0 Å². The predicted molar refractivity (Wildman–Crippen MR) is 57.2 cm³/mol. The summed E-state index contributed by atoms with van der Waals surface area (Å²) >= 11 is 0. The van der Waals surface area contributed by atoms with Gasteiger partial charge in [0, 0.05) is 5.56 Å². The Morgan fingerprint density at radius 3 is 2.69 bits per heavy atom. The van der Waals surface area contributed by atoms with Crippen molar-refractivity contribution < 1.29 is 19.8 Å². The number of aliphatic carboxylic acids is 1. The van der Waals surface area contributed by atoms with E-state index in [0.29, 0.717) is 5.56 Å². The molecule has 0 heterocycles. The number of amides is 1. The van der Waals surface area contributed by atoms with E-state index in [1.165, 1.54) is 0 Å². The van der Waals surface area contributed by atoms with Gasteiger partial charge in [0.05, 0.1) is 6.54 Å². The minimum Gasteiger partial charge on any atom is -0.479 e. The Morgan fingerprint density at radius 1 is 1.44 bits per heavy atom. The van der Waals surface area contributed by atoms with Gasteiger partial charge >= 0.3 is 5.97 Å². The number of rotatable bonds is 4. The van der Waals surface area contributed by atoms with Crippen molar-refractivity contribution in [1.29, 1.82) is 0 Å². The zero-order valence-electron chi connectivity index (χ0n) is 8.80. The number of nitrogens with one attached hydrogen (secondary N) is 1. The summed E-state index contributed by atoms with van der Waals surface area (Å²) in [5.41, 5.74) is 1.38. The summed E-state index contributed by atoms with van der Waals surface area (Å²) in [4.78, 5) is 21.8. The van der Waals surface area contributed by atoms with E-state index in [0.717, 1.165) is 5.56 Å². The molecule has 0 aliphatic rings. The maximum absolute atomic E-state index is 11.5. The molecule has 0 saturated carbocycles. The number of aliphatic hydroxyl groups is 1. The SMILES string of the molecule is Cc1cccc(C(=O)NC[C@H](O)C(=O)O)c1. The van der Waals surface area contributed by atoms with Crippen molar-refractivity contribution in [3.05, 3.63) is 35.4 Å². The minimum absolute atomic E-state index is 0.303. The minimum atomic E-state index is -1.58. The number of hydrogen-bond acceptors (Lipinski definition) is 3. The molecule has 1 amide bonds. The average molecular weight is 223 g/mol. The third kappa shape index (κ3) is 3.36. The second kappa shape index (κ2) is 5.27. The molecule has 1 atom stereocenters. The molecule has 0 aromatic heterocycles. The van der Waals surface area contributed by atoms with Crippen LogP contribution in [-0.4, -0.2) is 34.7 Å². The molecule has 0 spiro atoms. The van der Waals surface area contributed by atoms with Crippen LogP contribution in [0, 0.1) is 6.92 Å². The van der Waals surface area contributed by atoms with E-state index in [2.05, 4.69) is 5.32 Å². The van der Waals surface area contributed by atoms with Crippen molar-refractivity contribution in [3.8, 4) is 0 Å². The monoisotopic (exact) mass is 223 g/mol. The Hall–Kier alpha value is -1.88. The van der Waals surface area contributed by atoms with E-state index >= 15 is 0 Å². The van der Waals surface area contributed by atoms with Gasteiger partial charge in [-0.25, -0.2) is 4.79 Å². The van der Waals surface area contributed by atoms with E-state index in [1.54, 1.807) is 18.2 Å². The van der Waals surface area contributed by atoms with E-state index in [1.807, 2.05) is 13.0 Å². The quantitative estimate of drug-likeness (QED) is 0.679. The Morgan fingerprint density at radius 2 is 2.12 bits per heavy atom. The first-order chi connectivity index (χ1) is 7.50. The molecule has 1 aromatic rings. The normalized spacial score (nSPS) is 11.9. The third-order valence-electron chi connectivity index (χ3n) is 2.02. The van der Waals surface area contributed by atoms with Crippen molar-refractivity contribution in [1.82, 2.24) is 5.32 Å². The molecule has 0 fully saturated rings. The van der Waals surface area contributed by atoms with Crippen LogP contribution in [0.1, 0.15) is 15.9 Å². The molecule has 86 valence electrons. The molecule has 0 unspecified atom stereocenters. The standard InChI is InChI=1S/C11H13NO4/c1-7-3-2-4-8(5-7)10(14)12-6-9(13)11(15)16/h2-5,9,13H,6H2,1H3,(H,12,14)(H,15,16)/t9-/m0/s1. The Balaban J connectivity index is 2.56. The lowest BCUT2D eigenvalue weighted by Crippen LogP contribution is -2.36. The fraction of sp³-hybridized carbons (Fsp3) is 0.273. The van der Waals surface area contributed by atoms with E-state index in [-0.39, 0.29) is 6.54 Å². The number of carbonyl (C=O) groups excluding carboxylic acids is 1. The molecule has 5 nitrogen and oxygen atoms in total. The Bertz CT molecular complexity index is 403. The number of aryl methyl sites for hydroxylation is 1. The van der Waals surface area contributed by atoms with Gasteiger partial charge < -0.3 is 15.5 Å². The van der Waals surface area contributed by atoms with Crippen LogP contribution in [0.4, 0.5) is 0 Å². The number of aliphatic hydroxyl groups excluding tert-OH is 1. The van der Waals surface area contributed by atoms with Gasteiger partial charge in [-0.3, -0.25) is 4.79 Å². The van der Waals surface area contributed by atoms with Crippen LogP contribution < -0.4 is 5.32 Å². The number of carboxylic acid groups (broad SMARTS) is 1. The highest BCUT2D eigenvalue weighted by Crippen LogP contribution is 2.03. The van der Waals surface area contributed by atoms with Gasteiger partial charge in [0.1, 0.15) is 0 Å². The van der Waals surface area contributed by atoms with Gasteiger partial charge in [-0.05, 0) is 19.1 Å². The lowest BCUT2D eigenvalue weighted by atomic mass is 10.1. The molecule has 0 saturated heterocycles. The first-order valence-electron chi connectivity index (χ1n) is 4.76.